The van der Waals surface area contributed by atoms with E-state index in [-0.39, 0.29) is 17.7 Å². The van der Waals surface area contributed by atoms with Gasteiger partial charge in [-0.25, -0.2) is 0 Å². The number of nitrogens with one attached hydrogen (secondary N) is 1. The summed E-state index contributed by atoms with van der Waals surface area (Å²) in [6, 6.07) is 4.56. The molecule has 1 aliphatic carbocycles. The molecule has 0 bridgehead atoms. The van der Waals surface area contributed by atoms with E-state index < -0.39 is 18.1 Å². The molecule has 1 N–H and O–H groups in total. The summed E-state index contributed by atoms with van der Waals surface area (Å²) < 4.78 is 41.3. The van der Waals surface area contributed by atoms with Crippen LogP contribution >= 0.6 is 35.0 Å². The van der Waals surface area contributed by atoms with E-state index in [0.29, 0.717) is 33.7 Å². The molecule has 1 amide bonds. The molecular weight excluding hydrogens is 470 g/mol. The molecule has 4 nitrogen and oxygen atoms in total. The van der Waals surface area contributed by atoms with Crippen molar-refractivity contribution in [2.24, 2.45) is 5.92 Å². The number of anilines is 1. The average molecular weight is 490 g/mol. The van der Waals surface area contributed by atoms with Gasteiger partial charge in [0.05, 0.1) is 33.5 Å². The molecule has 1 aliphatic heterocycles. The Hall–Kier alpha value is -1.64. The van der Waals surface area contributed by atoms with Crippen molar-refractivity contribution in [2.75, 3.05) is 23.9 Å². The van der Waals surface area contributed by atoms with Crippen LogP contribution in [0.15, 0.2) is 30.5 Å². The predicted molar refractivity (Wildman–Crippen MR) is 118 cm³/mol. The molecule has 2 atom stereocenters. The van der Waals surface area contributed by atoms with Crippen LogP contribution in [0, 0.1) is 5.92 Å². The fourth-order valence-electron chi connectivity index (χ4n) is 4.00. The van der Waals surface area contributed by atoms with Gasteiger partial charge in [-0.1, -0.05) is 29.3 Å². The summed E-state index contributed by atoms with van der Waals surface area (Å²) in [6.07, 6.45) is -1.84. The van der Waals surface area contributed by atoms with Crippen LogP contribution in [-0.4, -0.2) is 46.6 Å². The fourth-order valence-corrected chi connectivity index (χ4v) is 5.19. The molecule has 1 aromatic heterocycles. The van der Waals surface area contributed by atoms with Crippen LogP contribution in [-0.2, 0) is 17.6 Å². The van der Waals surface area contributed by atoms with Crippen LogP contribution < -0.4 is 5.32 Å². The van der Waals surface area contributed by atoms with Crippen LogP contribution in [0.5, 0.6) is 0 Å². The number of pyridine rings is 1. The normalized spacial score (nSPS) is 19.5. The maximum absolute atomic E-state index is 13.8. The summed E-state index contributed by atoms with van der Waals surface area (Å²) in [7, 11) is 1.20. The van der Waals surface area contributed by atoms with Crippen LogP contribution in [0.1, 0.15) is 22.9 Å². The van der Waals surface area contributed by atoms with Crippen molar-refractivity contribution in [1.29, 1.82) is 0 Å². The highest BCUT2D eigenvalue weighted by Gasteiger charge is 2.47. The molecule has 0 saturated carbocycles. The summed E-state index contributed by atoms with van der Waals surface area (Å²) in [4.78, 5) is 17.2. The number of thioether (sulfide) groups is 1. The van der Waals surface area contributed by atoms with Gasteiger partial charge >= 0.3 is 6.18 Å². The van der Waals surface area contributed by atoms with Gasteiger partial charge in [0.2, 0.25) is 5.91 Å². The summed E-state index contributed by atoms with van der Waals surface area (Å²) in [6.45, 7) is 0. The molecule has 1 unspecified atom stereocenters. The highest BCUT2D eigenvalue weighted by Crippen LogP contribution is 2.39. The number of halogens is 5. The Bertz CT molecular complexity index is 983. The maximum Gasteiger partial charge on any atom is 0.414 e. The lowest BCUT2D eigenvalue weighted by atomic mass is 10.1. The van der Waals surface area contributed by atoms with E-state index in [0.717, 1.165) is 22.4 Å². The number of hydrogen-bond donors (Lipinski definition) is 1. The number of aromatic nitrogens is 1. The van der Waals surface area contributed by atoms with Gasteiger partial charge in [0.25, 0.3) is 0 Å². The van der Waals surface area contributed by atoms with E-state index in [1.54, 1.807) is 23.9 Å². The number of alkyl halides is 3. The van der Waals surface area contributed by atoms with Crippen molar-refractivity contribution in [3.05, 3.63) is 57.3 Å². The van der Waals surface area contributed by atoms with Crippen LogP contribution in [0.25, 0.3) is 0 Å². The molecule has 1 aromatic carbocycles. The zero-order chi connectivity index (χ0) is 22.3. The van der Waals surface area contributed by atoms with Gasteiger partial charge in [-0.15, -0.1) is 0 Å². The number of hydrogen-bond acceptors (Lipinski definition) is 4. The molecule has 2 aliphatic rings. The first-order valence-corrected chi connectivity index (χ1v) is 11.7. The van der Waals surface area contributed by atoms with Crippen molar-refractivity contribution in [2.45, 2.75) is 31.1 Å². The Labute approximate surface area is 192 Å². The topological polar surface area (TPSA) is 45.2 Å². The monoisotopic (exact) mass is 489 g/mol. The van der Waals surface area contributed by atoms with E-state index >= 15 is 0 Å². The minimum Gasteiger partial charge on any atom is -0.380 e. The molecular formula is C21H20Cl2F3N3OS. The van der Waals surface area contributed by atoms with Crippen LogP contribution in [0.2, 0.25) is 10.0 Å². The number of nitrogens with zero attached hydrogens (tertiary/aromatic N) is 2. The molecule has 2 aromatic rings. The first kappa shape index (κ1) is 22.6. The molecule has 166 valence electrons. The molecule has 2 heterocycles. The summed E-state index contributed by atoms with van der Waals surface area (Å²) in [5.41, 5.74) is 2.49. The molecule has 1 saturated heterocycles. The van der Waals surface area contributed by atoms with Crippen LogP contribution in [0.4, 0.5) is 18.9 Å². The number of fused-ring (bicyclic) bond motifs is 1. The second kappa shape index (κ2) is 8.71. The van der Waals surface area contributed by atoms with E-state index in [4.69, 9.17) is 23.2 Å². The summed E-state index contributed by atoms with van der Waals surface area (Å²) in [5.74, 6) is 0.265. The van der Waals surface area contributed by atoms with E-state index in [9.17, 15) is 18.0 Å². The summed E-state index contributed by atoms with van der Waals surface area (Å²) >= 11 is 13.9. The molecule has 1 fully saturated rings. The Morgan fingerprint density at radius 1 is 1.23 bits per heavy atom. The Balaban J connectivity index is 1.47. The third-order valence-corrected chi connectivity index (χ3v) is 7.80. The number of carbonyl (C=O) groups is 1. The van der Waals surface area contributed by atoms with Gasteiger partial charge in [0.15, 0.2) is 6.04 Å². The van der Waals surface area contributed by atoms with E-state index in [1.807, 2.05) is 6.07 Å². The quantitative estimate of drug-likeness (QED) is 0.611. The molecule has 10 heteroatoms. The van der Waals surface area contributed by atoms with Crippen LogP contribution in [0.3, 0.4) is 0 Å². The van der Waals surface area contributed by atoms with Crippen molar-refractivity contribution in [3.63, 3.8) is 0 Å². The standard InChI is InChI=1S/C21H20Cl2F3N3OS/c1-29(20(30)12-9-31-10-12)19(21(24,25)26)17-5-3-13(8-27-17)28-14-6-11-2-4-16(22)18(23)15(11)7-14/h2-5,8,12,14,19,28H,6-7,9-10H2,1H3/t14?,19-/m0/s1. The third kappa shape index (κ3) is 4.61. The number of rotatable bonds is 5. The van der Waals surface area contributed by atoms with Gasteiger partial charge in [-0.3, -0.25) is 9.78 Å². The highest BCUT2D eigenvalue weighted by molar-refractivity contribution is 8.00. The van der Waals surface area contributed by atoms with Gasteiger partial charge in [0.1, 0.15) is 0 Å². The SMILES string of the molecule is CN(C(=O)C1CSC1)[C@@H](c1ccc(NC2Cc3ccc(Cl)c(Cl)c3C2)cn1)C(F)(F)F. The molecule has 0 radical (unpaired) electrons. The predicted octanol–water partition coefficient (Wildman–Crippen LogP) is 5.39. The second-order valence-corrected chi connectivity index (χ2v) is 9.71. The highest BCUT2D eigenvalue weighted by atomic mass is 35.5. The Morgan fingerprint density at radius 3 is 2.55 bits per heavy atom. The lowest BCUT2D eigenvalue weighted by Crippen LogP contribution is -2.45. The second-order valence-electron chi connectivity index (χ2n) is 7.85. The summed E-state index contributed by atoms with van der Waals surface area (Å²) in [5, 5.41) is 4.35. The van der Waals surface area contributed by atoms with Crippen molar-refractivity contribution in [3.8, 4) is 0 Å². The Kier molecular flexibility index (Phi) is 6.34. The number of carbonyl (C=O) groups excluding carboxylic acids is 1. The van der Waals surface area contributed by atoms with Gasteiger partial charge in [-0.2, -0.15) is 24.9 Å². The van der Waals surface area contributed by atoms with Gasteiger partial charge < -0.3 is 10.2 Å². The Morgan fingerprint density at radius 2 is 1.97 bits per heavy atom. The fraction of sp³-hybridized carbons (Fsp3) is 0.429. The van der Waals surface area contributed by atoms with Crippen molar-refractivity contribution >= 4 is 46.6 Å². The van der Waals surface area contributed by atoms with Gasteiger partial charge in [0, 0.05) is 24.6 Å². The van der Waals surface area contributed by atoms with E-state index in [1.165, 1.54) is 19.3 Å². The number of benzene rings is 1. The number of amides is 1. The minimum atomic E-state index is -4.62. The first-order valence-electron chi connectivity index (χ1n) is 9.74. The van der Waals surface area contributed by atoms with Crippen molar-refractivity contribution < 1.29 is 18.0 Å². The first-order chi connectivity index (χ1) is 14.6. The third-order valence-electron chi connectivity index (χ3n) is 5.68. The maximum atomic E-state index is 13.8. The lowest BCUT2D eigenvalue weighted by Gasteiger charge is -2.34. The minimum absolute atomic E-state index is 0.0393. The average Bonchev–Trinajstić information content (AvgIpc) is 3.07. The molecule has 0 spiro atoms. The van der Waals surface area contributed by atoms with E-state index in [2.05, 4.69) is 10.3 Å². The van der Waals surface area contributed by atoms with Crippen molar-refractivity contribution in [1.82, 2.24) is 9.88 Å². The molecule has 31 heavy (non-hydrogen) atoms. The smallest absolute Gasteiger partial charge is 0.380 e. The lowest BCUT2D eigenvalue weighted by molar-refractivity contribution is -0.191. The molecule has 4 rings (SSSR count). The zero-order valence-electron chi connectivity index (χ0n) is 16.5. The largest absolute Gasteiger partial charge is 0.414 e. The van der Waals surface area contributed by atoms with Gasteiger partial charge in [-0.05, 0) is 42.2 Å². The zero-order valence-corrected chi connectivity index (χ0v) is 18.9.